The van der Waals surface area contributed by atoms with Crippen molar-refractivity contribution >= 4 is 10.8 Å². The van der Waals surface area contributed by atoms with E-state index in [2.05, 4.69) is 43.6 Å². The SMILES string of the molecule is C=CCC1CCC(CCc2ccc3cc(C#Cc4ccc(C)cc4)ccc3c2F)CC1. The first-order valence-corrected chi connectivity index (χ1v) is 11.5. The predicted octanol–water partition coefficient (Wildman–Crippen LogP) is 8.00. The molecule has 0 heterocycles. The first-order valence-electron chi connectivity index (χ1n) is 11.5. The number of halogens is 1. The summed E-state index contributed by atoms with van der Waals surface area (Å²) in [4.78, 5) is 0. The van der Waals surface area contributed by atoms with E-state index in [1.54, 1.807) is 0 Å². The van der Waals surface area contributed by atoms with Crippen molar-refractivity contribution in [3.8, 4) is 11.8 Å². The van der Waals surface area contributed by atoms with Gasteiger partial charge < -0.3 is 0 Å². The number of benzene rings is 3. The van der Waals surface area contributed by atoms with Gasteiger partial charge in [-0.25, -0.2) is 4.39 Å². The molecule has 0 spiro atoms. The van der Waals surface area contributed by atoms with E-state index in [0.29, 0.717) is 5.39 Å². The highest BCUT2D eigenvalue weighted by atomic mass is 19.1. The molecule has 0 N–H and O–H groups in total. The van der Waals surface area contributed by atoms with Crippen molar-refractivity contribution in [2.45, 2.75) is 51.9 Å². The Balaban J connectivity index is 1.43. The molecule has 0 amide bonds. The lowest BCUT2D eigenvalue weighted by molar-refractivity contribution is 0.264. The highest BCUT2D eigenvalue weighted by Gasteiger charge is 2.20. The second-order valence-electron chi connectivity index (χ2n) is 9.04. The summed E-state index contributed by atoms with van der Waals surface area (Å²) in [6, 6.07) is 18.0. The highest BCUT2D eigenvalue weighted by molar-refractivity contribution is 5.85. The van der Waals surface area contributed by atoms with E-state index in [-0.39, 0.29) is 5.82 Å². The molecule has 0 aromatic heterocycles. The molecule has 4 rings (SSSR count). The molecule has 0 nitrogen and oxygen atoms in total. The molecule has 1 aliphatic carbocycles. The van der Waals surface area contributed by atoms with E-state index in [1.807, 2.05) is 42.5 Å². The second-order valence-corrected chi connectivity index (χ2v) is 9.04. The normalized spacial score (nSPS) is 18.4. The Labute approximate surface area is 186 Å². The number of fused-ring (bicyclic) bond motifs is 1. The Morgan fingerprint density at radius 2 is 1.58 bits per heavy atom. The van der Waals surface area contributed by atoms with Crippen LogP contribution < -0.4 is 0 Å². The molecule has 3 aromatic carbocycles. The maximum Gasteiger partial charge on any atom is 0.134 e. The average Bonchev–Trinajstić information content (AvgIpc) is 2.79. The first-order chi connectivity index (χ1) is 15.1. The van der Waals surface area contributed by atoms with Crippen molar-refractivity contribution in [3.63, 3.8) is 0 Å². The second kappa shape index (κ2) is 9.97. The van der Waals surface area contributed by atoms with Gasteiger partial charge in [0.05, 0.1) is 0 Å². The number of hydrogen-bond acceptors (Lipinski definition) is 0. The summed E-state index contributed by atoms with van der Waals surface area (Å²) >= 11 is 0. The third kappa shape index (κ3) is 5.45. The van der Waals surface area contributed by atoms with Crippen molar-refractivity contribution in [1.29, 1.82) is 0 Å². The fourth-order valence-electron chi connectivity index (χ4n) is 4.74. The zero-order chi connectivity index (χ0) is 21.6. The van der Waals surface area contributed by atoms with Crippen LogP contribution in [-0.2, 0) is 6.42 Å². The molecule has 1 saturated carbocycles. The van der Waals surface area contributed by atoms with Gasteiger partial charge in [0.1, 0.15) is 5.82 Å². The van der Waals surface area contributed by atoms with Gasteiger partial charge in [0.2, 0.25) is 0 Å². The lowest BCUT2D eigenvalue weighted by atomic mass is 9.78. The largest absolute Gasteiger partial charge is 0.206 e. The molecule has 1 aliphatic rings. The third-order valence-corrected chi connectivity index (χ3v) is 6.73. The van der Waals surface area contributed by atoms with E-state index in [9.17, 15) is 0 Å². The molecule has 3 aromatic rings. The van der Waals surface area contributed by atoms with Crippen LogP contribution in [-0.4, -0.2) is 0 Å². The zero-order valence-corrected chi connectivity index (χ0v) is 18.5. The zero-order valence-electron chi connectivity index (χ0n) is 18.5. The summed E-state index contributed by atoms with van der Waals surface area (Å²) in [5.41, 5.74) is 3.98. The number of hydrogen-bond donors (Lipinski definition) is 0. The Kier molecular flexibility index (Phi) is 6.88. The van der Waals surface area contributed by atoms with Gasteiger partial charge in [-0.3, -0.25) is 0 Å². The summed E-state index contributed by atoms with van der Waals surface area (Å²) in [6.07, 6.45) is 10.2. The van der Waals surface area contributed by atoms with Gasteiger partial charge in [0, 0.05) is 16.5 Å². The van der Waals surface area contributed by atoms with E-state index in [0.717, 1.165) is 53.2 Å². The number of rotatable bonds is 5. The maximum absolute atomic E-state index is 15.2. The van der Waals surface area contributed by atoms with Gasteiger partial charge in [0.15, 0.2) is 0 Å². The van der Waals surface area contributed by atoms with Gasteiger partial charge in [-0.15, -0.1) is 6.58 Å². The molecular formula is C30H31F. The van der Waals surface area contributed by atoms with Crippen LogP contribution in [0, 0.1) is 36.4 Å². The molecule has 0 aliphatic heterocycles. The van der Waals surface area contributed by atoms with Gasteiger partial charge in [-0.1, -0.05) is 66.7 Å². The minimum Gasteiger partial charge on any atom is -0.206 e. The molecular weight excluding hydrogens is 379 g/mol. The molecule has 0 radical (unpaired) electrons. The summed E-state index contributed by atoms with van der Waals surface area (Å²) in [5.74, 6) is 7.89. The van der Waals surface area contributed by atoms with Crippen molar-refractivity contribution in [1.82, 2.24) is 0 Å². The standard InChI is InChI=1S/C30H31F/c1-3-4-23-9-11-25(12-10-23)15-17-27-18-19-28-21-26(16-20-29(28)30(27)31)14-13-24-7-5-22(2)6-8-24/h3,5-8,16,18-21,23,25H,1,4,9-12,15,17H2,2H3. The third-order valence-electron chi connectivity index (χ3n) is 6.73. The van der Waals surface area contributed by atoms with Gasteiger partial charge >= 0.3 is 0 Å². The molecule has 0 saturated heterocycles. The van der Waals surface area contributed by atoms with Gasteiger partial charge in [0.25, 0.3) is 0 Å². The molecule has 31 heavy (non-hydrogen) atoms. The number of aryl methyl sites for hydroxylation is 2. The van der Waals surface area contributed by atoms with Crippen LogP contribution in [0.5, 0.6) is 0 Å². The number of allylic oxidation sites excluding steroid dienone is 1. The van der Waals surface area contributed by atoms with Crippen LogP contribution >= 0.6 is 0 Å². The Morgan fingerprint density at radius 1 is 0.903 bits per heavy atom. The van der Waals surface area contributed by atoms with Crippen LogP contribution in [0.1, 0.15) is 60.8 Å². The highest BCUT2D eigenvalue weighted by Crippen LogP contribution is 2.34. The summed E-state index contributed by atoms with van der Waals surface area (Å²) in [7, 11) is 0. The van der Waals surface area contributed by atoms with Crippen molar-refractivity contribution in [3.05, 3.63) is 95.3 Å². The quantitative estimate of drug-likeness (QED) is 0.295. The molecule has 0 bridgehead atoms. The van der Waals surface area contributed by atoms with E-state index < -0.39 is 0 Å². The minimum atomic E-state index is -0.0594. The van der Waals surface area contributed by atoms with E-state index >= 15 is 4.39 Å². The van der Waals surface area contributed by atoms with Gasteiger partial charge in [-0.05, 0) is 86.1 Å². The fraction of sp³-hybridized carbons (Fsp3) is 0.333. The van der Waals surface area contributed by atoms with Crippen LogP contribution in [0.4, 0.5) is 4.39 Å². The van der Waals surface area contributed by atoms with Crippen LogP contribution in [0.2, 0.25) is 0 Å². The average molecular weight is 411 g/mol. The Hall–Kier alpha value is -2.85. The van der Waals surface area contributed by atoms with Crippen LogP contribution in [0.25, 0.3) is 10.8 Å². The molecule has 1 fully saturated rings. The monoisotopic (exact) mass is 410 g/mol. The lowest BCUT2D eigenvalue weighted by Gasteiger charge is -2.28. The van der Waals surface area contributed by atoms with Crippen LogP contribution in [0.15, 0.2) is 67.3 Å². The lowest BCUT2D eigenvalue weighted by Crippen LogP contribution is -2.15. The maximum atomic E-state index is 15.2. The molecule has 0 atom stereocenters. The summed E-state index contributed by atoms with van der Waals surface area (Å²) in [5, 5.41) is 1.62. The van der Waals surface area contributed by atoms with Crippen molar-refractivity contribution < 1.29 is 4.39 Å². The van der Waals surface area contributed by atoms with E-state index in [1.165, 1.54) is 31.2 Å². The van der Waals surface area contributed by atoms with Crippen molar-refractivity contribution in [2.24, 2.45) is 11.8 Å². The minimum absolute atomic E-state index is 0.0594. The Morgan fingerprint density at radius 3 is 2.32 bits per heavy atom. The summed E-state index contributed by atoms with van der Waals surface area (Å²) in [6.45, 7) is 5.94. The topological polar surface area (TPSA) is 0 Å². The van der Waals surface area contributed by atoms with E-state index in [4.69, 9.17) is 0 Å². The van der Waals surface area contributed by atoms with Crippen molar-refractivity contribution in [2.75, 3.05) is 0 Å². The Bertz CT molecular complexity index is 1100. The van der Waals surface area contributed by atoms with Crippen LogP contribution in [0.3, 0.4) is 0 Å². The smallest absolute Gasteiger partial charge is 0.134 e. The first kappa shape index (κ1) is 21.4. The fourth-order valence-corrected chi connectivity index (χ4v) is 4.74. The molecule has 0 unspecified atom stereocenters. The predicted molar refractivity (Wildman–Crippen MR) is 130 cm³/mol. The summed E-state index contributed by atoms with van der Waals surface area (Å²) < 4.78 is 15.2. The van der Waals surface area contributed by atoms with Gasteiger partial charge in [-0.2, -0.15) is 0 Å². The molecule has 158 valence electrons. The molecule has 1 heteroatoms.